The van der Waals surface area contributed by atoms with Crippen LogP contribution in [0.3, 0.4) is 0 Å². The number of aliphatic hydroxyl groups excluding tert-OH is 1. The summed E-state index contributed by atoms with van der Waals surface area (Å²) >= 11 is 0. The van der Waals surface area contributed by atoms with Gasteiger partial charge in [-0.2, -0.15) is 0 Å². The second-order valence-corrected chi connectivity index (χ2v) is 7.47. The predicted octanol–water partition coefficient (Wildman–Crippen LogP) is 3.37. The normalized spacial score (nSPS) is 17.9. The number of amides is 1. The molecular formula is C24H25FN2O4. The smallest absolute Gasteiger partial charge is 0.295 e. The lowest BCUT2D eigenvalue weighted by Crippen LogP contribution is -2.35. The molecule has 1 aliphatic heterocycles. The van der Waals surface area contributed by atoms with E-state index in [4.69, 9.17) is 4.74 Å². The molecule has 1 unspecified atom stereocenters. The minimum absolute atomic E-state index is 0.0184. The Bertz CT molecular complexity index is 997. The predicted molar refractivity (Wildman–Crippen MR) is 116 cm³/mol. The Morgan fingerprint density at radius 1 is 1.16 bits per heavy atom. The summed E-state index contributed by atoms with van der Waals surface area (Å²) in [4.78, 5) is 29.0. The SMILES string of the molecule is C=CCOc1ccc(/C(O)=C2\C(=O)C(=O)N(CCN(C)C)C2c2ccc(F)cc2)cc1. The van der Waals surface area contributed by atoms with Gasteiger partial charge in [-0.1, -0.05) is 24.8 Å². The number of carbonyl (C=O) groups is 2. The van der Waals surface area contributed by atoms with Crippen LogP contribution in [0.4, 0.5) is 4.39 Å². The van der Waals surface area contributed by atoms with E-state index >= 15 is 0 Å². The van der Waals surface area contributed by atoms with Crippen LogP contribution < -0.4 is 4.74 Å². The zero-order valence-electron chi connectivity index (χ0n) is 17.5. The molecule has 31 heavy (non-hydrogen) atoms. The minimum Gasteiger partial charge on any atom is -0.507 e. The number of rotatable bonds is 8. The number of halogens is 1. The maximum absolute atomic E-state index is 13.5. The summed E-state index contributed by atoms with van der Waals surface area (Å²) in [5, 5.41) is 11.0. The Balaban J connectivity index is 2.05. The van der Waals surface area contributed by atoms with E-state index < -0.39 is 23.5 Å². The highest BCUT2D eigenvalue weighted by Gasteiger charge is 2.45. The molecule has 2 aromatic carbocycles. The summed E-state index contributed by atoms with van der Waals surface area (Å²) in [7, 11) is 3.72. The number of carbonyl (C=O) groups excluding carboxylic acids is 2. The van der Waals surface area contributed by atoms with Gasteiger partial charge < -0.3 is 19.6 Å². The van der Waals surface area contributed by atoms with Crippen molar-refractivity contribution < 1.29 is 23.8 Å². The zero-order valence-corrected chi connectivity index (χ0v) is 17.5. The summed E-state index contributed by atoms with van der Waals surface area (Å²) in [6.45, 7) is 4.74. The van der Waals surface area contributed by atoms with Crippen LogP contribution in [0.25, 0.3) is 5.76 Å². The van der Waals surface area contributed by atoms with E-state index in [2.05, 4.69) is 6.58 Å². The van der Waals surface area contributed by atoms with Crippen molar-refractivity contribution in [1.29, 1.82) is 0 Å². The first-order valence-electron chi connectivity index (χ1n) is 9.86. The van der Waals surface area contributed by atoms with Crippen molar-refractivity contribution in [2.75, 3.05) is 33.8 Å². The van der Waals surface area contributed by atoms with Crippen LogP contribution in [0, 0.1) is 5.82 Å². The third kappa shape index (κ3) is 4.83. The Morgan fingerprint density at radius 2 is 1.81 bits per heavy atom. The molecule has 1 heterocycles. The van der Waals surface area contributed by atoms with Crippen LogP contribution in [0.1, 0.15) is 17.2 Å². The highest BCUT2D eigenvalue weighted by atomic mass is 19.1. The lowest BCUT2D eigenvalue weighted by molar-refractivity contribution is -0.140. The number of benzene rings is 2. The van der Waals surface area contributed by atoms with E-state index in [-0.39, 0.29) is 17.9 Å². The molecule has 162 valence electrons. The number of ketones is 1. The molecule has 7 heteroatoms. The van der Waals surface area contributed by atoms with Crippen molar-refractivity contribution in [2.45, 2.75) is 6.04 Å². The van der Waals surface area contributed by atoms with Crippen LogP contribution >= 0.6 is 0 Å². The molecule has 0 saturated carbocycles. The fourth-order valence-corrected chi connectivity index (χ4v) is 3.43. The maximum Gasteiger partial charge on any atom is 0.295 e. The van der Waals surface area contributed by atoms with Gasteiger partial charge in [0.25, 0.3) is 11.7 Å². The fourth-order valence-electron chi connectivity index (χ4n) is 3.43. The lowest BCUT2D eigenvalue weighted by atomic mass is 9.95. The number of ether oxygens (including phenoxy) is 1. The lowest BCUT2D eigenvalue weighted by Gasteiger charge is -2.26. The second kappa shape index (κ2) is 9.57. The molecule has 1 N–H and O–H groups in total. The van der Waals surface area contributed by atoms with E-state index in [0.717, 1.165) is 0 Å². The van der Waals surface area contributed by atoms with Gasteiger partial charge in [0.2, 0.25) is 0 Å². The molecule has 6 nitrogen and oxygen atoms in total. The molecule has 3 rings (SSSR count). The summed E-state index contributed by atoms with van der Waals surface area (Å²) in [5.74, 6) is -1.58. The van der Waals surface area contributed by atoms with Gasteiger partial charge in [-0.25, -0.2) is 4.39 Å². The molecule has 1 aliphatic rings. The van der Waals surface area contributed by atoms with Crippen molar-refractivity contribution in [2.24, 2.45) is 0 Å². The number of hydrogen-bond acceptors (Lipinski definition) is 5. The monoisotopic (exact) mass is 424 g/mol. The molecule has 0 radical (unpaired) electrons. The van der Waals surface area contributed by atoms with Gasteiger partial charge >= 0.3 is 0 Å². The molecule has 1 fully saturated rings. The third-order valence-corrected chi connectivity index (χ3v) is 5.01. The van der Waals surface area contributed by atoms with Gasteiger partial charge in [0.15, 0.2) is 0 Å². The number of likely N-dealkylation sites (tertiary alicyclic amines) is 1. The molecule has 2 aromatic rings. The van der Waals surface area contributed by atoms with Crippen molar-refractivity contribution in [3.8, 4) is 5.75 Å². The zero-order chi connectivity index (χ0) is 22.5. The highest BCUT2D eigenvalue weighted by molar-refractivity contribution is 6.46. The van der Waals surface area contributed by atoms with Crippen LogP contribution in [0.2, 0.25) is 0 Å². The van der Waals surface area contributed by atoms with Gasteiger partial charge in [0.05, 0.1) is 11.6 Å². The molecule has 1 saturated heterocycles. The van der Waals surface area contributed by atoms with Gasteiger partial charge in [-0.05, 0) is 56.1 Å². The number of likely N-dealkylation sites (N-methyl/N-ethyl adjacent to an activating group) is 1. The second-order valence-electron chi connectivity index (χ2n) is 7.47. The summed E-state index contributed by atoms with van der Waals surface area (Å²) < 4.78 is 18.9. The average Bonchev–Trinajstić information content (AvgIpc) is 3.01. The topological polar surface area (TPSA) is 70.1 Å². The Morgan fingerprint density at radius 3 is 2.39 bits per heavy atom. The van der Waals surface area contributed by atoms with Crippen LogP contribution in [0.15, 0.2) is 66.8 Å². The van der Waals surface area contributed by atoms with Crippen molar-refractivity contribution in [3.63, 3.8) is 0 Å². The molecule has 1 amide bonds. The molecule has 0 bridgehead atoms. The average molecular weight is 424 g/mol. The van der Waals surface area contributed by atoms with Gasteiger partial charge in [0, 0.05) is 18.7 Å². The molecule has 0 spiro atoms. The van der Waals surface area contributed by atoms with Crippen molar-refractivity contribution in [3.05, 3.63) is 83.7 Å². The fraction of sp³-hybridized carbons (Fsp3) is 0.250. The Kier molecular flexibility index (Phi) is 6.87. The van der Waals surface area contributed by atoms with Gasteiger partial charge in [-0.15, -0.1) is 0 Å². The highest BCUT2D eigenvalue weighted by Crippen LogP contribution is 2.39. The van der Waals surface area contributed by atoms with Crippen molar-refractivity contribution >= 4 is 17.4 Å². The van der Waals surface area contributed by atoms with Crippen molar-refractivity contribution in [1.82, 2.24) is 9.80 Å². The maximum atomic E-state index is 13.5. The van der Waals surface area contributed by atoms with Gasteiger partial charge in [0.1, 0.15) is 23.9 Å². The molecule has 1 atom stereocenters. The number of aliphatic hydroxyl groups is 1. The van der Waals surface area contributed by atoms with E-state index in [9.17, 15) is 19.1 Å². The summed E-state index contributed by atoms with van der Waals surface area (Å²) in [6.07, 6.45) is 1.62. The van der Waals surface area contributed by atoms with E-state index in [1.807, 2.05) is 19.0 Å². The van der Waals surface area contributed by atoms with Crippen LogP contribution in [-0.4, -0.2) is 60.4 Å². The Hall–Kier alpha value is -3.45. The Labute approximate surface area is 180 Å². The van der Waals surface area contributed by atoms with E-state index in [1.165, 1.54) is 29.2 Å². The molecule has 0 aromatic heterocycles. The van der Waals surface area contributed by atoms with Crippen LogP contribution in [0.5, 0.6) is 5.75 Å². The molecular weight excluding hydrogens is 399 g/mol. The minimum atomic E-state index is -0.808. The first kappa shape index (κ1) is 22.2. The number of Topliss-reactive ketones (excluding diaryl/α,β-unsaturated/α-hetero) is 1. The van der Waals surface area contributed by atoms with Gasteiger partial charge in [-0.3, -0.25) is 9.59 Å². The summed E-state index contributed by atoms with van der Waals surface area (Å²) in [6, 6.07) is 11.3. The third-order valence-electron chi connectivity index (χ3n) is 5.01. The largest absolute Gasteiger partial charge is 0.507 e. The summed E-state index contributed by atoms with van der Waals surface area (Å²) in [5.41, 5.74) is 0.908. The number of nitrogens with zero attached hydrogens (tertiary/aromatic N) is 2. The first-order valence-corrected chi connectivity index (χ1v) is 9.86. The van der Waals surface area contributed by atoms with E-state index in [0.29, 0.717) is 30.0 Å². The van der Waals surface area contributed by atoms with Crippen LogP contribution in [-0.2, 0) is 9.59 Å². The number of hydrogen-bond donors (Lipinski definition) is 1. The molecule has 0 aliphatic carbocycles. The van der Waals surface area contributed by atoms with E-state index in [1.54, 1.807) is 30.3 Å². The quantitative estimate of drug-likeness (QED) is 0.305. The first-order chi connectivity index (χ1) is 14.8. The standard InChI is InChI=1S/C24H25FN2O4/c1-4-15-31-19-11-7-17(8-12-19)22(28)20-21(16-5-9-18(25)10-6-16)27(14-13-26(2)3)24(30)23(20)29/h4-12,21,28H,1,13-15H2,2-3H3/b22-20+.